The summed E-state index contributed by atoms with van der Waals surface area (Å²) in [7, 11) is -2.29. The zero-order valence-electron chi connectivity index (χ0n) is 16.5. The van der Waals surface area contributed by atoms with Gasteiger partial charge in [-0.25, -0.2) is 8.42 Å². The second-order valence-electron chi connectivity index (χ2n) is 7.08. The number of carbonyl (C=O) groups is 1. The Morgan fingerprint density at radius 1 is 1.10 bits per heavy atom. The molecule has 156 valence electrons. The Labute approximate surface area is 180 Å². The molecule has 1 fully saturated rings. The molecule has 8 heteroatoms. The average Bonchev–Trinajstić information content (AvgIpc) is 2.74. The predicted octanol–water partition coefficient (Wildman–Crippen LogP) is 4.12. The summed E-state index contributed by atoms with van der Waals surface area (Å²) in [6, 6.07) is 12.0. The molecule has 0 unspecified atom stereocenters. The summed E-state index contributed by atoms with van der Waals surface area (Å²) in [5.74, 6) is -0.0914. The standard InChI is InChI=1S/C21H25BrN2O4S/c1-15(16-6-9-18(22)10-7-16)23-21(25)17-8-11-19(28-2)20(14-17)29(26,27)24-12-4-3-5-13-24/h6-11,14-15H,3-5,12-13H2,1-2H3,(H,23,25)/t15-/m1/s1. The maximum absolute atomic E-state index is 13.1. The normalized spacial score (nSPS) is 16.2. The van der Waals surface area contributed by atoms with E-state index in [1.165, 1.54) is 23.5 Å². The lowest BCUT2D eigenvalue weighted by Gasteiger charge is -2.26. The number of ether oxygens (including phenoxy) is 1. The number of methoxy groups -OCH3 is 1. The fraction of sp³-hybridized carbons (Fsp3) is 0.381. The van der Waals surface area contributed by atoms with Crippen LogP contribution in [0.4, 0.5) is 0 Å². The van der Waals surface area contributed by atoms with Gasteiger partial charge in [-0.15, -0.1) is 0 Å². The van der Waals surface area contributed by atoms with E-state index in [4.69, 9.17) is 4.74 Å². The molecule has 0 spiro atoms. The quantitative estimate of drug-likeness (QED) is 0.674. The van der Waals surface area contributed by atoms with E-state index in [2.05, 4.69) is 21.2 Å². The molecule has 1 atom stereocenters. The Kier molecular flexibility index (Phi) is 6.97. The number of benzene rings is 2. The lowest BCUT2D eigenvalue weighted by Crippen LogP contribution is -2.36. The predicted molar refractivity (Wildman–Crippen MR) is 116 cm³/mol. The van der Waals surface area contributed by atoms with Gasteiger partial charge in [0.2, 0.25) is 10.0 Å². The van der Waals surface area contributed by atoms with Crippen LogP contribution in [0.25, 0.3) is 0 Å². The van der Waals surface area contributed by atoms with Gasteiger partial charge in [-0.3, -0.25) is 4.79 Å². The van der Waals surface area contributed by atoms with E-state index in [-0.39, 0.29) is 28.2 Å². The van der Waals surface area contributed by atoms with Crippen molar-refractivity contribution in [3.63, 3.8) is 0 Å². The van der Waals surface area contributed by atoms with Crippen LogP contribution in [0.5, 0.6) is 5.75 Å². The summed E-state index contributed by atoms with van der Waals surface area (Å²) in [6.07, 6.45) is 2.71. The van der Waals surface area contributed by atoms with Gasteiger partial charge in [-0.1, -0.05) is 34.5 Å². The number of rotatable bonds is 6. The third-order valence-corrected chi connectivity index (χ3v) is 7.52. The molecule has 0 radical (unpaired) electrons. The highest BCUT2D eigenvalue weighted by molar-refractivity contribution is 9.10. The first-order chi connectivity index (χ1) is 13.8. The van der Waals surface area contributed by atoms with E-state index in [9.17, 15) is 13.2 Å². The van der Waals surface area contributed by atoms with E-state index < -0.39 is 10.0 Å². The highest BCUT2D eigenvalue weighted by Gasteiger charge is 2.29. The smallest absolute Gasteiger partial charge is 0.251 e. The Morgan fingerprint density at radius 2 is 1.76 bits per heavy atom. The van der Waals surface area contributed by atoms with Crippen molar-refractivity contribution in [3.8, 4) is 5.75 Å². The minimum atomic E-state index is -3.72. The minimum absolute atomic E-state index is 0.0332. The number of sulfonamides is 1. The summed E-state index contributed by atoms with van der Waals surface area (Å²) in [5, 5.41) is 2.92. The molecule has 0 aromatic heterocycles. The monoisotopic (exact) mass is 480 g/mol. The molecule has 0 bridgehead atoms. The number of hydrogen-bond acceptors (Lipinski definition) is 4. The van der Waals surface area contributed by atoms with Crippen molar-refractivity contribution in [2.45, 2.75) is 37.1 Å². The van der Waals surface area contributed by atoms with Gasteiger partial charge < -0.3 is 10.1 Å². The van der Waals surface area contributed by atoms with Crippen LogP contribution >= 0.6 is 15.9 Å². The van der Waals surface area contributed by atoms with Gasteiger partial charge in [0.15, 0.2) is 0 Å². The molecule has 1 aliphatic rings. The molecule has 1 N–H and O–H groups in total. The Hall–Kier alpha value is -1.90. The Bertz CT molecular complexity index is 971. The maximum Gasteiger partial charge on any atom is 0.251 e. The number of halogens is 1. The van der Waals surface area contributed by atoms with Crippen LogP contribution in [0.3, 0.4) is 0 Å². The van der Waals surface area contributed by atoms with Crippen molar-refractivity contribution < 1.29 is 17.9 Å². The summed E-state index contributed by atoms with van der Waals surface area (Å²) >= 11 is 3.39. The molecule has 1 amide bonds. The highest BCUT2D eigenvalue weighted by atomic mass is 79.9. The lowest BCUT2D eigenvalue weighted by molar-refractivity contribution is 0.0939. The van der Waals surface area contributed by atoms with E-state index >= 15 is 0 Å². The summed E-state index contributed by atoms with van der Waals surface area (Å²) in [4.78, 5) is 12.8. The molecular weight excluding hydrogens is 456 g/mol. The first-order valence-electron chi connectivity index (χ1n) is 9.57. The van der Waals surface area contributed by atoms with Gasteiger partial charge in [0.05, 0.1) is 13.2 Å². The molecule has 1 aliphatic heterocycles. The van der Waals surface area contributed by atoms with Crippen LogP contribution in [-0.4, -0.2) is 38.8 Å². The van der Waals surface area contributed by atoms with Crippen molar-refractivity contribution in [2.75, 3.05) is 20.2 Å². The van der Waals surface area contributed by atoms with Crippen LogP contribution in [0.1, 0.15) is 48.1 Å². The zero-order valence-corrected chi connectivity index (χ0v) is 18.9. The van der Waals surface area contributed by atoms with Gasteiger partial charge in [-0.05, 0) is 55.7 Å². The molecule has 2 aromatic carbocycles. The van der Waals surface area contributed by atoms with Crippen molar-refractivity contribution in [2.24, 2.45) is 0 Å². The van der Waals surface area contributed by atoms with Crippen molar-refractivity contribution in [1.29, 1.82) is 0 Å². The number of nitrogens with one attached hydrogen (secondary N) is 1. The third kappa shape index (κ3) is 4.99. The van der Waals surface area contributed by atoms with E-state index in [0.29, 0.717) is 13.1 Å². The van der Waals surface area contributed by atoms with Crippen LogP contribution in [0, 0.1) is 0 Å². The molecule has 3 rings (SSSR count). The van der Waals surface area contributed by atoms with E-state index in [0.717, 1.165) is 29.3 Å². The molecule has 29 heavy (non-hydrogen) atoms. The fourth-order valence-electron chi connectivity index (χ4n) is 3.38. The van der Waals surface area contributed by atoms with E-state index in [1.54, 1.807) is 6.07 Å². The van der Waals surface area contributed by atoms with Gasteiger partial charge in [0.25, 0.3) is 5.91 Å². The van der Waals surface area contributed by atoms with Crippen molar-refractivity contribution >= 4 is 31.9 Å². The third-order valence-electron chi connectivity index (χ3n) is 5.08. The first-order valence-corrected chi connectivity index (χ1v) is 11.8. The number of carbonyl (C=O) groups excluding carboxylic acids is 1. The second-order valence-corrected chi connectivity index (χ2v) is 9.90. The highest BCUT2D eigenvalue weighted by Crippen LogP contribution is 2.30. The molecule has 0 saturated carbocycles. The van der Waals surface area contributed by atoms with Gasteiger partial charge in [0, 0.05) is 23.1 Å². The summed E-state index contributed by atoms with van der Waals surface area (Å²) in [6.45, 7) is 2.86. The zero-order chi connectivity index (χ0) is 21.0. The topological polar surface area (TPSA) is 75.7 Å². The summed E-state index contributed by atoms with van der Waals surface area (Å²) < 4.78 is 34.0. The van der Waals surface area contributed by atoms with Gasteiger partial charge >= 0.3 is 0 Å². The van der Waals surface area contributed by atoms with Gasteiger partial charge in [-0.2, -0.15) is 4.31 Å². The Morgan fingerprint density at radius 3 is 2.38 bits per heavy atom. The largest absolute Gasteiger partial charge is 0.495 e. The summed E-state index contributed by atoms with van der Waals surface area (Å²) in [5.41, 5.74) is 1.24. The van der Waals surface area contributed by atoms with Crippen molar-refractivity contribution in [3.05, 3.63) is 58.1 Å². The van der Waals surface area contributed by atoms with Gasteiger partial charge in [0.1, 0.15) is 10.6 Å². The number of amides is 1. The first kappa shape index (κ1) is 21.8. The fourth-order valence-corrected chi connectivity index (χ4v) is 5.34. The molecule has 1 heterocycles. The second kappa shape index (κ2) is 9.28. The number of hydrogen-bond donors (Lipinski definition) is 1. The molecule has 2 aromatic rings. The number of nitrogens with zero attached hydrogens (tertiary/aromatic N) is 1. The Balaban J connectivity index is 1.85. The van der Waals surface area contributed by atoms with Crippen LogP contribution < -0.4 is 10.1 Å². The van der Waals surface area contributed by atoms with Crippen LogP contribution in [0.2, 0.25) is 0 Å². The average molecular weight is 481 g/mol. The molecule has 0 aliphatic carbocycles. The lowest BCUT2D eigenvalue weighted by atomic mass is 10.1. The van der Waals surface area contributed by atoms with Crippen molar-refractivity contribution in [1.82, 2.24) is 9.62 Å². The molecule has 6 nitrogen and oxygen atoms in total. The minimum Gasteiger partial charge on any atom is -0.495 e. The SMILES string of the molecule is COc1ccc(C(=O)N[C@H](C)c2ccc(Br)cc2)cc1S(=O)(=O)N1CCCCC1. The maximum atomic E-state index is 13.1. The van der Waals surface area contributed by atoms with Crippen LogP contribution in [0.15, 0.2) is 51.8 Å². The van der Waals surface area contributed by atoms with Crippen LogP contribution in [-0.2, 0) is 10.0 Å². The molecule has 1 saturated heterocycles. The number of piperidine rings is 1. The van der Waals surface area contributed by atoms with E-state index in [1.807, 2.05) is 31.2 Å². The molecular formula is C21H25BrN2O4S.